The third kappa shape index (κ3) is 9.32. The van der Waals surface area contributed by atoms with Crippen molar-refractivity contribution in [1.29, 1.82) is 0 Å². The number of aryl methyl sites for hydroxylation is 8. The molecule has 0 aromatic heterocycles. The zero-order valence-corrected chi connectivity index (χ0v) is 47.7. The first-order valence-corrected chi connectivity index (χ1v) is 27.8. The number of carboxylic acids is 4. The van der Waals surface area contributed by atoms with Crippen molar-refractivity contribution in [2.24, 2.45) is 0 Å². The van der Waals surface area contributed by atoms with Crippen LogP contribution in [0.4, 0.5) is 0 Å². The fourth-order valence-electron chi connectivity index (χ4n) is 12.5. The Morgan fingerprint density at radius 2 is 0.429 bits per heavy atom. The highest BCUT2D eigenvalue weighted by molar-refractivity contribution is 6.33. The zero-order valence-electron chi connectivity index (χ0n) is 47.7. The maximum atomic E-state index is 13.2. The predicted octanol–water partition coefficient (Wildman–Crippen LogP) is 19.2. The Balaban J connectivity index is 1.35. The first kappa shape index (κ1) is 54.2. The second-order valence-corrected chi connectivity index (χ2v) is 22.6. The molecule has 0 heterocycles. The van der Waals surface area contributed by atoms with Crippen LogP contribution in [0, 0.1) is 55.4 Å². The molecule has 0 aliphatic carbocycles. The standard InChI is InChI=1S/C76H58O8/c1-39-9-13-43(5)59(29-39)51-21-17-47(73(77)78)33-63(51)67-37-68(64-34-48(74(79)80)18-22-52(64)60-30-40(2)10-14-44(60)6)56-27-28-58-70(66-36-50(76(83)84)20-24-54(66)62-32-42(4)12-16-46(62)8)38-69(57-26-25-55(67)71(56)72(57)58)65-35-49(75(81)82)19-23-53(65)61-31-41(3)11-15-45(61)7/h9-38H,1-8H3,(H,77,78)(H,79,80)(H,81,82)(H,83,84). The molecule has 84 heavy (non-hydrogen) atoms. The van der Waals surface area contributed by atoms with Gasteiger partial charge in [0.15, 0.2) is 0 Å². The highest BCUT2D eigenvalue weighted by atomic mass is 16.4. The summed E-state index contributed by atoms with van der Waals surface area (Å²) in [4.78, 5) is 52.9. The minimum absolute atomic E-state index is 0.0781. The molecule has 0 aliphatic heterocycles. The van der Waals surface area contributed by atoms with Crippen LogP contribution in [0.5, 0.6) is 0 Å². The number of carbonyl (C=O) groups is 4. The fraction of sp³-hybridized carbons (Fsp3) is 0.105. The van der Waals surface area contributed by atoms with E-state index >= 15 is 0 Å². The summed E-state index contributed by atoms with van der Waals surface area (Å²) in [7, 11) is 0. The fourth-order valence-corrected chi connectivity index (χ4v) is 12.5. The quantitative estimate of drug-likeness (QED) is 0.0884. The van der Waals surface area contributed by atoms with Crippen molar-refractivity contribution in [3.05, 3.63) is 249 Å². The SMILES string of the molecule is Cc1ccc(C)c(-c2ccc(C(=O)O)cc2-c2cc(-c3cc(C(=O)O)ccc3-c3cc(C)ccc3C)c3ccc4c(-c5cc(C(=O)O)ccc5-c5cc(C)ccc5C)cc(-c5cc(C(=O)O)ccc5-c5cc(C)ccc5C)c5ccc2c3c54)c1. The molecular formula is C76H58O8. The van der Waals surface area contributed by atoms with E-state index < -0.39 is 23.9 Å². The number of aromatic carboxylic acids is 4. The van der Waals surface area contributed by atoms with Crippen molar-refractivity contribution in [1.82, 2.24) is 0 Å². The Morgan fingerprint density at radius 3 is 0.631 bits per heavy atom. The second kappa shape index (κ2) is 20.8. The second-order valence-electron chi connectivity index (χ2n) is 22.6. The third-order valence-corrected chi connectivity index (χ3v) is 16.9. The van der Waals surface area contributed by atoms with E-state index in [0.717, 1.165) is 121 Å². The molecule has 4 N–H and O–H groups in total. The molecule has 410 valence electrons. The minimum Gasteiger partial charge on any atom is -0.478 e. The minimum atomic E-state index is -1.10. The summed E-state index contributed by atoms with van der Waals surface area (Å²) >= 11 is 0. The van der Waals surface area contributed by atoms with Gasteiger partial charge in [0, 0.05) is 0 Å². The topological polar surface area (TPSA) is 149 Å². The highest BCUT2D eigenvalue weighted by Gasteiger charge is 2.28. The smallest absolute Gasteiger partial charge is 0.335 e. The lowest BCUT2D eigenvalue weighted by Crippen LogP contribution is -2.02. The summed E-state index contributed by atoms with van der Waals surface area (Å²) in [6, 6.07) is 58.2. The van der Waals surface area contributed by atoms with Gasteiger partial charge in [-0.3, -0.25) is 0 Å². The van der Waals surface area contributed by atoms with Gasteiger partial charge in [-0.15, -0.1) is 0 Å². The van der Waals surface area contributed by atoms with Gasteiger partial charge < -0.3 is 20.4 Å². The van der Waals surface area contributed by atoms with Crippen LogP contribution in [0.2, 0.25) is 0 Å². The Morgan fingerprint density at radius 1 is 0.214 bits per heavy atom. The first-order chi connectivity index (χ1) is 40.2. The monoisotopic (exact) mass is 1100 g/mol. The van der Waals surface area contributed by atoms with E-state index in [2.05, 4.69) is 84.9 Å². The average Bonchev–Trinajstić information content (AvgIpc) is 1.25. The Labute approximate surface area is 486 Å². The molecule has 0 radical (unpaired) electrons. The van der Waals surface area contributed by atoms with E-state index in [-0.39, 0.29) is 22.3 Å². The molecule has 0 amide bonds. The van der Waals surface area contributed by atoms with Crippen molar-refractivity contribution >= 4 is 56.2 Å². The predicted molar refractivity (Wildman–Crippen MR) is 339 cm³/mol. The number of hydrogen-bond acceptors (Lipinski definition) is 4. The van der Waals surface area contributed by atoms with Crippen LogP contribution in [-0.2, 0) is 0 Å². The van der Waals surface area contributed by atoms with Gasteiger partial charge >= 0.3 is 23.9 Å². The van der Waals surface area contributed by atoms with Gasteiger partial charge in [-0.05, 0) is 260 Å². The molecule has 0 unspecified atom stereocenters. The maximum absolute atomic E-state index is 13.2. The van der Waals surface area contributed by atoms with Crippen molar-refractivity contribution in [2.75, 3.05) is 0 Å². The molecular weight excluding hydrogens is 1040 g/mol. The third-order valence-electron chi connectivity index (χ3n) is 16.9. The van der Waals surface area contributed by atoms with Crippen LogP contribution in [0.3, 0.4) is 0 Å². The molecule has 8 heteroatoms. The summed E-state index contributed by atoms with van der Waals surface area (Å²) in [5, 5.41) is 47.9. The van der Waals surface area contributed by atoms with Crippen molar-refractivity contribution in [2.45, 2.75) is 55.4 Å². The van der Waals surface area contributed by atoms with E-state index in [1.54, 1.807) is 48.5 Å². The molecule has 0 bridgehead atoms. The van der Waals surface area contributed by atoms with Crippen LogP contribution in [-0.4, -0.2) is 44.3 Å². The van der Waals surface area contributed by atoms with E-state index in [1.807, 2.05) is 104 Å². The molecule has 12 aromatic carbocycles. The van der Waals surface area contributed by atoms with E-state index in [4.69, 9.17) is 0 Å². The molecule has 0 atom stereocenters. The molecule has 12 aromatic rings. The molecule has 12 rings (SSSR count). The largest absolute Gasteiger partial charge is 0.478 e. The van der Waals surface area contributed by atoms with Gasteiger partial charge in [0.05, 0.1) is 22.3 Å². The van der Waals surface area contributed by atoms with Crippen LogP contribution in [0.15, 0.2) is 182 Å². The molecule has 8 nitrogen and oxygen atoms in total. The van der Waals surface area contributed by atoms with Gasteiger partial charge in [-0.1, -0.05) is 144 Å². The zero-order chi connectivity index (χ0) is 59.2. The number of benzene rings is 12. The van der Waals surface area contributed by atoms with Crippen molar-refractivity contribution in [3.63, 3.8) is 0 Å². The average molecular weight is 1100 g/mol. The normalized spacial score (nSPS) is 11.5. The Bertz CT molecular complexity index is 4230. The van der Waals surface area contributed by atoms with Gasteiger partial charge in [-0.25, -0.2) is 19.2 Å². The lowest BCUT2D eigenvalue weighted by molar-refractivity contribution is 0.0686. The van der Waals surface area contributed by atoms with E-state index in [0.29, 0.717) is 44.5 Å². The van der Waals surface area contributed by atoms with Crippen LogP contribution >= 0.6 is 0 Å². The van der Waals surface area contributed by atoms with Gasteiger partial charge in [0.25, 0.3) is 0 Å². The molecule has 0 fully saturated rings. The van der Waals surface area contributed by atoms with Crippen LogP contribution < -0.4 is 0 Å². The summed E-state index contributed by atoms with van der Waals surface area (Å²) in [5.41, 5.74) is 20.5. The summed E-state index contributed by atoms with van der Waals surface area (Å²) in [5.74, 6) is -4.41. The molecule has 0 saturated heterocycles. The number of hydrogen-bond donors (Lipinski definition) is 4. The molecule has 0 spiro atoms. The van der Waals surface area contributed by atoms with Crippen LogP contribution in [0.25, 0.3) is 121 Å². The highest BCUT2D eigenvalue weighted by Crippen LogP contribution is 2.53. The van der Waals surface area contributed by atoms with Crippen LogP contribution in [0.1, 0.15) is 85.9 Å². The number of carboxylic acid groups (broad SMARTS) is 4. The lowest BCUT2D eigenvalue weighted by Gasteiger charge is -2.25. The van der Waals surface area contributed by atoms with Gasteiger partial charge in [0.2, 0.25) is 0 Å². The first-order valence-electron chi connectivity index (χ1n) is 27.8. The lowest BCUT2D eigenvalue weighted by atomic mass is 9.78. The molecule has 0 aliphatic rings. The van der Waals surface area contributed by atoms with E-state index in [1.165, 1.54) is 0 Å². The van der Waals surface area contributed by atoms with Crippen molar-refractivity contribution in [3.8, 4) is 89.0 Å². The Kier molecular flexibility index (Phi) is 13.4. The number of rotatable bonds is 12. The van der Waals surface area contributed by atoms with E-state index in [9.17, 15) is 39.6 Å². The van der Waals surface area contributed by atoms with Gasteiger partial charge in [-0.2, -0.15) is 0 Å². The molecule has 0 saturated carbocycles. The summed E-state index contributed by atoms with van der Waals surface area (Å²) in [6.07, 6.45) is 0. The van der Waals surface area contributed by atoms with Gasteiger partial charge in [0.1, 0.15) is 0 Å². The Hall–Kier alpha value is -10.4. The van der Waals surface area contributed by atoms with Crippen molar-refractivity contribution < 1.29 is 39.6 Å². The maximum Gasteiger partial charge on any atom is 0.335 e. The summed E-state index contributed by atoms with van der Waals surface area (Å²) < 4.78 is 0. The summed E-state index contributed by atoms with van der Waals surface area (Å²) in [6.45, 7) is 16.2.